The standard InChI is InChI=1S/C3H4BrClO/c4-3(1-5)2-6/h1,6H,2H2/b3-1+. The first kappa shape index (κ1) is 6.47. The highest BCUT2D eigenvalue weighted by atomic mass is 79.9. The molecule has 0 saturated carbocycles. The Labute approximate surface area is 49.7 Å². The lowest BCUT2D eigenvalue weighted by Gasteiger charge is -1.80. The molecule has 1 nitrogen and oxygen atoms in total. The molecule has 36 valence electrons. The van der Waals surface area contributed by atoms with Gasteiger partial charge in [-0.05, 0) is 0 Å². The summed E-state index contributed by atoms with van der Waals surface area (Å²) in [6.07, 6.45) is 0. The lowest BCUT2D eigenvalue weighted by molar-refractivity contribution is 0.340. The van der Waals surface area contributed by atoms with E-state index in [0.29, 0.717) is 4.48 Å². The van der Waals surface area contributed by atoms with E-state index in [2.05, 4.69) is 15.9 Å². The Morgan fingerprint density at radius 3 is 2.50 bits per heavy atom. The predicted octanol–water partition coefficient (Wildman–Crippen LogP) is 1.45. The van der Waals surface area contributed by atoms with Crippen molar-refractivity contribution in [2.45, 2.75) is 0 Å². The van der Waals surface area contributed by atoms with E-state index in [1.807, 2.05) is 0 Å². The van der Waals surface area contributed by atoms with E-state index in [0.717, 1.165) is 0 Å². The van der Waals surface area contributed by atoms with Crippen molar-refractivity contribution in [2.24, 2.45) is 0 Å². The molecule has 0 aromatic rings. The molecular weight excluding hydrogens is 167 g/mol. The maximum absolute atomic E-state index is 8.14. The minimum Gasteiger partial charge on any atom is -0.391 e. The summed E-state index contributed by atoms with van der Waals surface area (Å²) in [7, 11) is 0. The summed E-state index contributed by atoms with van der Waals surface area (Å²) in [6, 6.07) is 0. The first-order chi connectivity index (χ1) is 2.81. The molecule has 0 spiro atoms. The van der Waals surface area contributed by atoms with E-state index >= 15 is 0 Å². The average molecular weight is 171 g/mol. The summed E-state index contributed by atoms with van der Waals surface area (Å²) in [6.45, 7) is -0.0243. The number of rotatable bonds is 1. The van der Waals surface area contributed by atoms with Gasteiger partial charge in [-0.25, -0.2) is 0 Å². The first-order valence-corrected chi connectivity index (χ1v) is 2.60. The molecule has 0 bridgehead atoms. The van der Waals surface area contributed by atoms with Crippen molar-refractivity contribution >= 4 is 27.5 Å². The summed E-state index contributed by atoms with van der Waals surface area (Å²) < 4.78 is 0.601. The fraction of sp³-hybridized carbons (Fsp3) is 0.333. The van der Waals surface area contributed by atoms with Gasteiger partial charge in [0, 0.05) is 10.0 Å². The van der Waals surface area contributed by atoms with Crippen LogP contribution in [0.4, 0.5) is 0 Å². The molecule has 0 heterocycles. The summed E-state index contributed by atoms with van der Waals surface area (Å²) >= 11 is 8.04. The highest BCUT2D eigenvalue weighted by Gasteiger charge is 1.79. The van der Waals surface area contributed by atoms with Crippen LogP contribution in [-0.4, -0.2) is 11.7 Å². The quantitative estimate of drug-likeness (QED) is 0.633. The SMILES string of the molecule is OC/C(Br)=C\Cl. The summed E-state index contributed by atoms with van der Waals surface area (Å²) in [5.74, 6) is 0. The second kappa shape index (κ2) is 3.65. The van der Waals surface area contributed by atoms with E-state index in [-0.39, 0.29) is 6.61 Å². The molecule has 0 aliphatic rings. The van der Waals surface area contributed by atoms with Gasteiger partial charge in [0.25, 0.3) is 0 Å². The van der Waals surface area contributed by atoms with Crippen molar-refractivity contribution in [3.63, 3.8) is 0 Å². The van der Waals surface area contributed by atoms with E-state index in [9.17, 15) is 0 Å². The third kappa shape index (κ3) is 2.69. The minimum atomic E-state index is -0.0243. The largest absolute Gasteiger partial charge is 0.391 e. The molecule has 0 fully saturated rings. The number of aliphatic hydroxyl groups excluding tert-OH is 1. The molecule has 0 unspecified atom stereocenters. The molecule has 1 N–H and O–H groups in total. The smallest absolute Gasteiger partial charge is 0.0755 e. The van der Waals surface area contributed by atoms with Gasteiger partial charge in [0.2, 0.25) is 0 Å². The molecule has 0 radical (unpaired) electrons. The summed E-state index contributed by atoms with van der Waals surface area (Å²) in [4.78, 5) is 0. The monoisotopic (exact) mass is 170 g/mol. The lowest BCUT2D eigenvalue weighted by Crippen LogP contribution is -1.74. The molecule has 0 aliphatic heterocycles. The molecule has 6 heavy (non-hydrogen) atoms. The summed E-state index contributed by atoms with van der Waals surface area (Å²) in [5, 5.41) is 8.14. The van der Waals surface area contributed by atoms with Crippen molar-refractivity contribution in [1.82, 2.24) is 0 Å². The van der Waals surface area contributed by atoms with E-state index < -0.39 is 0 Å². The van der Waals surface area contributed by atoms with Gasteiger partial charge in [-0.3, -0.25) is 0 Å². The van der Waals surface area contributed by atoms with Crippen molar-refractivity contribution in [3.05, 3.63) is 10.0 Å². The Hall–Kier alpha value is 0.470. The van der Waals surface area contributed by atoms with Crippen LogP contribution in [0.15, 0.2) is 10.0 Å². The maximum atomic E-state index is 8.14. The van der Waals surface area contributed by atoms with Gasteiger partial charge in [-0.15, -0.1) is 0 Å². The molecule has 0 aliphatic carbocycles. The molecule has 0 aromatic carbocycles. The predicted molar refractivity (Wildman–Crippen MR) is 29.9 cm³/mol. The zero-order valence-corrected chi connectivity index (χ0v) is 5.33. The fourth-order valence-corrected chi connectivity index (χ4v) is 0.104. The van der Waals surface area contributed by atoms with Crippen LogP contribution in [0.3, 0.4) is 0 Å². The molecule has 0 rings (SSSR count). The third-order valence-corrected chi connectivity index (χ3v) is 1.28. The summed E-state index contributed by atoms with van der Waals surface area (Å²) in [5.41, 5.74) is 1.28. The van der Waals surface area contributed by atoms with Gasteiger partial charge in [-0.1, -0.05) is 27.5 Å². The van der Waals surface area contributed by atoms with Gasteiger partial charge >= 0.3 is 0 Å². The lowest BCUT2D eigenvalue weighted by atomic mass is 10.7. The Morgan fingerprint density at radius 2 is 2.50 bits per heavy atom. The Kier molecular flexibility index (Phi) is 3.94. The number of halogens is 2. The zero-order valence-electron chi connectivity index (χ0n) is 2.99. The molecule has 0 aromatic heterocycles. The second-order valence-electron chi connectivity index (χ2n) is 0.714. The third-order valence-electron chi connectivity index (χ3n) is 0.269. The highest BCUT2D eigenvalue weighted by molar-refractivity contribution is 9.11. The van der Waals surface area contributed by atoms with Crippen LogP contribution in [0.1, 0.15) is 0 Å². The zero-order chi connectivity index (χ0) is 4.99. The van der Waals surface area contributed by atoms with E-state index in [1.165, 1.54) is 5.54 Å². The Bertz CT molecular complexity index is 61.8. The average Bonchev–Trinajstić information content (AvgIpc) is 1.65. The van der Waals surface area contributed by atoms with Crippen molar-refractivity contribution < 1.29 is 5.11 Å². The minimum absolute atomic E-state index is 0.0243. The number of hydrogen-bond acceptors (Lipinski definition) is 1. The van der Waals surface area contributed by atoms with Crippen LogP contribution in [0.5, 0.6) is 0 Å². The van der Waals surface area contributed by atoms with Crippen LogP contribution in [-0.2, 0) is 0 Å². The van der Waals surface area contributed by atoms with Crippen LogP contribution in [0.25, 0.3) is 0 Å². The fourth-order valence-electron chi connectivity index (χ4n) is 0.0345. The van der Waals surface area contributed by atoms with Crippen LogP contribution in [0, 0.1) is 0 Å². The van der Waals surface area contributed by atoms with Gasteiger partial charge in [0.1, 0.15) is 0 Å². The first-order valence-electron chi connectivity index (χ1n) is 1.37. The van der Waals surface area contributed by atoms with Crippen molar-refractivity contribution in [3.8, 4) is 0 Å². The molecule has 0 saturated heterocycles. The van der Waals surface area contributed by atoms with Gasteiger partial charge in [0.15, 0.2) is 0 Å². The highest BCUT2D eigenvalue weighted by Crippen LogP contribution is 2.02. The van der Waals surface area contributed by atoms with E-state index in [1.54, 1.807) is 0 Å². The van der Waals surface area contributed by atoms with Crippen LogP contribution in [0.2, 0.25) is 0 Å². The van der Waals surface area contributed by atoms with Crippen molar-refractivity contribution in [1.29, 1.82) is 0 Å². The molecular formula is C3H4BrClO. The van der Waals surface area contributed by atoms with Crippen LogP contribution < -0.4 is 0 Å². The number of hydrogen-bond donors (Lipinski definition) is 1. The van der Waals surface area contributed by atoms with E-state index in [4.69, 9.17) is 16.7 Å². The maximum Gasteiger partial charge on any atom is 0.0755 e. The topological polar surface area (TPSA) is 20.2 Å². The van der Waals surface area contributed by atoms with Gasteiger partial charge in [0.05, 0.1) is 6.61 Å². The van der Waals surface area contributed by atoms with Gasteiger partial charge in [-0.2, -0.15) is 0 Å². The normalized spacial score (nSPS) is 12.2. The Morgan fingerprint density at radius 1 is 2.00 bits per heavy atom. The Balaban J connectivity index is 3.22. The molecule has 3 heteroatoms. The molecule has 0 atom stereocenters. The number of aliphatic hydroxyl groups is 1. The van der Waals surface area contributed by atoms with Crippen molar-refractivity contribution in [2.75, 3.05) is 6.61 Å². The van der Waals surface area contributed by atoms with Crippen LogP contribution >= 0.6 is 27.5 Å². The van der Waals surface area contributed by atoms with Gasteiger partial charge < -0.3 is 5.11 Å². The molecule has 0 amide bonds. The second-order valence-corrected chi connectivity index (χ2v) is 1.95.